The van der Waals surface area contributed by atoms with E-state index in [2.05, 4.69) is 35.2 Å². The molecule has 1 heterocycles. The Hall–Kier alpha value is -1.84. The molecule has 1 fully saturated rings. The topological polar surface area (TPSA) is 32.7 Å². The average Bonchev–Trinajstić information content (AvgIpc) is 2.56. The Labute approximate surface area is 132 Å². The van der Waals surface area contributed by atoms with Gasteiger partial charge in [0, 0.05) is 19.0 Å². The molecule has 2 atom stereocenters. The Morgan fingerprint density at radius 1 is 1.09 bits per heavy atom. The van der Waals surface area contributed by atoms with Crippen molar-refractivity contribution in [2.24, 2.45) is 0 Å². The zero-order valence-electron chi connectivity index (χ0n) is 13.0. The summed E-state index contributed by atoms with van der Waals surface area (Å²) in [4.78, 5) is 2.33. The summed E-state index contributed by atoms with van der Waals surface area (Å²) in [6.45, 7) is 2.60. The third-order valence-electron chi connectivity index (χ3n) is 4.45. The minimum atomic E-state index is -0.353. The number of aliphatic hydroxyl groups excluding tert-OH is 1. The first-order chi connectivity index (χ1) is 10.8. The number of ether oxygens (including phenoxy) is 1. The average molecular weight is 297 g/mol. The summed E-state index contributed by atoms with van der Waals surface area (Å²) in [6, 6.07) is 18.5. The van der Waals surface area contributed by atoms with Crippen LogP contribution in [0.3, 0.4) is 0 Å². The van der Waals surface area contributed by atoms with Crippen LogP contribution in [-0.2, 0) is 6.54 Å². The highest BCUT2D eigenvalue weighted by molar-refractivity contribution is 5.37. The molecule has 0 aromatic heterocycles. The molecular formula is C19H23NO2. The first kappa shape index (κ1) is 15.1. The lowest BCUT2D eigenvalue weighted by atomic mass is 9.86. The van der Waals surface area contributed by atoms with Crippen LogP contribution in [0.5, 0.6) is 5.75 Å². The van der Waals surface area contributed by atoms with Crippen LogP contribution in [0.25, 0.3) is 0 Å². The van der Waals surface area contributed by atoms with Gasteiger partial charge in [0.1, 0.15) is 5.75 Å². The van der Waals surface area contributed by atoms with Crippen molar-refractivity contribution in [3.8, 4) is 5.75 Å². The van der Waals surface area contributed by atoms with Gasteiger partial charge >= 0.3 is 0 Å². The number of aliphatic hydroxyl groups is 1. The molecule has 22 heavy (non-hydrogen) atoms. The molecule has 1 aliphatic rings. The molecule has 0 saturated carbocycles. The van der Waals surface area contributed by atoms with E-state index in [0.717, 1.165) is 30.8 Å². The van der Waals surface area contributed by atoms with E-state index >= 15 is 0 Å². The van der Waals surface area contributed by atoms with E-state index in [-0.39, 0.29) is 12.0 Å². The van der Waals surface area contributed by atoms with Gasteiger partial charge in [-0.15, -0.1) is 0 Å². The molecule has 0 amide bonds. The molecule has 0 spiro atoms. The molecule has 0 aliphatic carbocycles. The number of likely N-dealkylation sites (tertiary alicyclic amines) is 1. The fourth-order valence-electron chi connectivity index (χ4n) is 3.32. The lowest BCUT2D eigenvalue weighted by Gasteiger charge is -2.36. The van der Waals surface area contributed by atoms with Gasteiger partial charge in [-0.05, 0) is 30.2 Å². The molecule has 2 aromatic rings. The van der Waals surface area contributed by atoms with E-state index < -0.39 is 0 Å². The number of methoxy groups -OCH3 is 1. The van der Waals surface area contributed by atoms with Crippen LogP contribution in [0.1, 0.15) is 23.5 Å². The number of benzene rings is 2. The van der Waals surface area contributed by atoms with Crippen LogP contribution in [0, 0.1) is 0 Å². The molecule has 1 N–H and O–H groups in total. The summed E-state index contributed by atoms with van der Waals surface area (Å²) in [6.07, 6.45) is 0.600. The van der Waals surface area contributed by atoms with Crippen molar-refractivity contribution >= 4 is 0 Å². The quantitative estimate of drug-likeness (QED) is 0.941. The highest BCUT2D eigenvalue weighted by Gasteiger charge is 2.30. The predicted octanol–water partition coefficient (Wildman–Crippen LogP) is 3.05. The second-order valence-electron chi connectivity index (χ2n) is 5.93. The van der Waals surface area contributed by atoms with Crippen molar-refractivity contribution in [3.05, 3.63) is 65.7 Å². The Morgan fingerprint density at radius 3 is 2.55 bits per heavy atom. The van der Waals surface area contributed by atoms with Crippen molar-refractivity contribution in [1.29, 1.82) is 0 Å². The molecule has 3 heteroatoms. The minimum Gasteiger partial charge on any atom is -0.496 e. The van der Waals surface area contributed by atoms with Crippen LogP contribution in [0.15, 0.2) is 54.6 Å². The highest BCUT2D eigenvalue weighted by atomic mass is 16.5. The summed E-state index contributed by atoms with van der Waals surface area (Å²) in [5.41, 5.74) is 2.42. The first-order valence-corrected chi connectivity index (χ1v) is 7.85. The predicted molar refractivity (Wildman–Crippen MR) is 88.1 cm³/mol. The van der Waals surface area contributed by atoms with Gasteiger partial charge < -0.3 is 9.84 Å². The van der Waals surface area contributed by atoms with Gasteiger partial charge in [-0.1, -0.05) is 48.5 Å². The molecule has 0 radical (unpaired) electrons. The van der Waals surface area contributed by atoms with Crippen molar-refractivity contribution in [2.75, 3.05) is 20.2 Å². The van der Waals surface area contributed by atoms with Crippen molar-refractivity contribution < 1.29 is 9.84 Å². The van der Waals surface area contributed by atoms with E-state index in [9.17, 15) is 5.11 Å². The van der Waals surface area contributed by atoms with E-state index in [1.807, 2.05) is 24.3 Å². The Bertz CT molecular complexity index is 599. The Kier molecular flexibility index (Phi) is 4.76. The molecule has 2 unspecified atom stereocenters. The Morgan fingerprint density at radius 2 is 1.82 bits per heavy atom. The fraction of sp³-hybridized carbons (Fsp3) is 0.368. The number of nitrogens with zero attached hydrogens (tertiary/aromatic N) is 1. The second kappa shape index (κ2) is 6.95. The van der Waals surface area contributed by atoms with Crippen LogP contribution >= 0.6 is 0 Å². The summed E-state index contributed by atoms with van der Waals surface area (Å²) < 4.78 is 5.44. The number of para-hydroxylation sites is 1. The van der Waals surface area contributed by atoms with Gasteiger partial charge in [-0.25, -0.2) is 0 Å². The summed E-state index contributed by atoms with van der Waals surface area (Å²) in [5.74, 6) is 1.03. The zero-order chi connectivity index (χ0) is 15.4. The van der Waals surface area contributed by atoms with Gasteiger partial charge in [0.05, 0.1) is 13.2 Å². The highest BCUT2D eigenvalue weighted by Crippen LogP contribution is 2.34. The van der Waals surface area contributed by atoms with E-state index in [0.29, 0.717) is 6.54 Å². The molecule has 3 rings (SSSR count). The molecule has 1 saturated heterocycles. The number of β-amino-alcohol motifs (C(OH)–C–C–N with tert-alkyl or cyclic N) is 1. The molecular weight excluding hydrogens is 274 g/mol. The van der Waals surface area contributed by atoms with Crippen LogP contribution < -0.4 is 4.74 Å². The lowest BCUT2D eigenvalue weighted by molar-refractivity contribution is 0.0469. The molecule has 116 valence electrons. The number of hydrogen-bond acceptors (Lipinski definition) is 3. The van der Waals surface area contributed by atoms with Crippen LogP contribution in [0.4, 0.5) is 0 Å². The second-order valence-corrected chi connectivity index (χ2v) is 5.93. The summed E-state index contributed by atoms with van der Waals surface area (Å²) in [5, 5.41) is 10.6. The Balaban J connectivity index is 1.67. The smallest absolute Gasteiger partial charge is 0.122 e. The zero-order valence-corrected chi connectivity index (χ0v) is 13.0. The van der Waals surface area contributed by atoms with E-state index in [1.54, 1.807) is 7.11 Å². The van der Waals surface area contributed by atoms with Gasteiger partial charge in [0.2, 0.25) is 0 Å². The third kappa shape index (κ3) is 3.32. The standard InChI is InChI=1S/C19H23NO2/c1-22-19-10-6-5-9-17(19)16-11-12-20(14-18(16)21)13-15-7-3-2-4-8-15/h2-10,16,18,21H,11-14H2,1H3. The SMILES string of the molecule is COc1ccccc1C1CCN(Cc2ccccc2)CC1O. The van der Waals surface area contributed by atoms with Gasteiger partial charge in [-0.2, -0.15) is 0 Å². The largest absolute Gasteiger partial charge is 0.496 e. The van der Waals surface area contributed by atoms with Crippen molar-refractivity contribution in [3.63, 3.8) is 0 Å². The monoisotopic (exact) mass is 297 g/mol. The van der Waals surface area contributed by atoms with Gasteiger partial charge in [0.25, 0.3) is 0 Å². The first-order valence-electron chi connectivity index (χ1n) is 7.85. The van der Waals surface area contributed by atoms with Crippen LogP contribution in [-0.4, -0.2) is 36.3 Å². The molecule has 2 aromatic carbocycles. The van der Waals surface area contributed by atoms with Crippen molar-refractivity contribution in [1.82, 2.24) is 4.90 Å². The maximum Gasteiger partial charge on any atom is 0.122 e. The van der Waals surface area contributed by atoms with E-state index in [4.69, 9.17) is 4.74 Å². The number of rotatable bonds is 4. The summed E-state index contributed by atoms with van der Waals surface area (Å²) in [7, 11) is 1.69. The van der Waals surface area contributed by atoms with Crippen LogP contribution in [0.2, 0.25) is 0 Å². The maximum absolute atomic E-state index is 10.6. The van der Waals surface area contributed by atoms with Gasteiger partial charge in [0.15, 0.2) is 0 Å². The number of piperidine rings is 1. The normalized spacial score (nSPS) is 22.5. The molecule has 3 nitrogen and oxygen atoms in total. The minimum absolute atomic E-state index is 0.156. The third-order valence-corrected chi connectivity index (χ3v) is 4.45. The van der Waals surface area contributed by atoms with E-state index in [1.165, 1.54) is 5.56 Å². The van der Waals surface area contributed by atoms with Gasteiger partial charge in [-0.3, -0.25) is 4.90 Å². The summed E-state index contributed by atoms with van der Waals surface area (Å²) >= 11 is 0. The fourth-order valence-corrected chi connectivity index (χ4v) is 3.32. The lowest BCUT2D eigenvalue weighted by Crippen LogP contribution is -2.42. The maximum atomic E-state index is 10.6. The molecule has 1 aliphatic heterocycles. The van der Waals surface area contributed by atoms with Crippen molar-refractivity contribution in [2.45, 2.75) is 25.0 Å². The number of hydrogen-bond donors (Lipinski definition) is 1. The molecule has 0 bridgehead atoms.